The number of nitrogens with two attached hydrogens (primary N) is 2. The molecule has 2 amide bonds. The lowest BCUT2D eigenvalue weighted by Gasteiger charge is -1.87. The van der Waals surface area contributed by atoms with E-state index in [1.165, 1.54) is 37.2 Å². The normalized spacial score (nSPS) is 9.08. The predicted molar refractivity (Wildman–Crippen MR) is 85.5 cm³/mol. The van der Waals surface area contributed by atoms with Gasteiger partial charge in [0.25, 0.3) is 11.8 Å². The molecule has 0 saturated carbocycles. The summed E-state index contributed by atoms with van der Waals surface area (Å²) in [6, 6.07) is 0. The first-order valence-corrected chi connectivity index (χ1v) is 6.49. The van der Waals surface area contributed by atoms with Gasteiger partial charge in [0.2, 0.25) is 0 Å². The highest BCUT2D eigenvalue weighted by atomic mass is 16.4. The molecular weight excluding hydrogens is 348 g/mol. The van der Waals surface area contributed by atoms with Crippen LogP contribution in [0.3, 0.4) is 0 Å². The fourth-order valence-electron chi connectivity index (χ4n) is 0.995. The van der Waals surface area contributed by atoms with Crippen molar-refractivity contribution in [2.75, 3.05) is 0 Å². The molecule has 0 aliphatic rings. The second-order valence-corrected chi connectivity index (χ2v) is 3.92. The first-order valence-electron chi connectivity index (χ1n) is 6.49. The lowest BCUT2D eigenvalue weighted by Crippen LogP contribution is -2.12. The van der Waals surface area contributed by atoms with E-state index in [0.717, 1.165) is 0 Å². The first-order chi connectivity index (χ1) is 12.2. The number of aliphatic carboxylic acids is 2. The minimum absolute atomic E-state index is 0.192. The third kappa shape index (κ3) is 11.4. The number of nitrogens with zero attached hydrogens (tertiary/aromatic N) is 4. The van der Waals surface area contributed by atoms with E-state index in [9.17, 15) is 19.2 Å². The van der Waals surface area contributed by atoms with Gasteiger partial charge in [-0.2, -0.15) is 0 Å². The zero-order chi connectivity index (χ0) is 19.9. The predicted octanol–water partition coefficient (Wildman–Crippen LogP) is -1.14. The average Bonchev–Trinajstić information content (AvgIpc) is 2.62. The molecule has 0 aromatic carbocycles. The van der Waals surface area contributed by atoms with Gasteiger partial charge < -0.3 is 21.7 Å². The highest BCUT2D eigenvalue weighted by Crippen LogP contribution is 1.85. The molecule has 0 saturated heterocycles. The minimum atomic E-state index is -1.26. The van der Waals surface area contributed by atoms with Crippen LogP contribution in [0.5, 0.6) is 0 Å². The van der Waals surface area contributed by atoms with Crippen molar-refractivity contribution in [2.24, 2.45) is 11.5 Å². The van der Waals surface area contributed by atoms with Gasteiger partial charge >= 0.3 is 11.9 Å². The van der Waals surface area contributed by atoms with E-state index in [1.54, 1.807) is 0 Å². The van der Waals surface area contributed by atoms with Crippen molar-refractivity contribution < 1.29 is 29.4 Å². The molecule has 0 bridgehead atoms. The van der Waals surface area contributed by atoms with Crippen molar-refractivity contribution in [3.63, 3.8) is 0 Å². The monoisotopic (exact) mass is 362 g/mol. The van der Waals surface area contributed by atoms with Gasteiger partial charge in [0.15, 0.2) is 0 Å². The lowest BCUT2D eigenvalue weighted by molar-refractivity contribution is -0.134. The molecule has 136 valence electrons. The van der Waals surface area contributed by atoms with Crippen LogP contribution in [0.25, 0.3) is 0 Å². The molecule has 26 heavy (non-hydrogen) atoms. The van der Waals surface area contributed by atoms with Crippen molar-refractivity contribution in [2.45, 2.75) is 0 Å². The Kier molecular flexibility index (Phi) is 10.2. The third-order valence-corrected chi connectivity index (χ3v) is 2.00. The van der Waals surface area contributed by atoms with Gasteiger partial charge in [-0.3, -0.25) is 19.6 Å². The number of rotatable bonds is 4. The molecule has 2 aromatic heterocycles. The molecule has 0 radical (unpaired) electrons. The van der Waals surface area contributed by atoms with Crippen molar-refractivity contribution in [1.82, 2.24) is 19.9 Å². The van der Waals surface area contributed by atoms with Crippen molar-refractivity contribution in [1.29, 1.82) is 0 Å². The van der Waals surface area contributed by atoms with Gasteiger partial charge in [-0.1, -0.05) is 0 Å². The van der Waals surface area contributed by atoms with Crippen LogP contribution in [0.1, 0.15) is 21.0 Å². The van der Waals surface area contributed by atoms with Crippen LogP contribution in [-0.4, -0.2) is 53.9 Å². The SMILES string of the molecule is NC(=O)c1cnccn1.NC(=O)c1cnccn1.O=C(O)/C=C/C(=O)O. The Balaban J connectivity index is 0.000000362. The highest BCUT2D eigenvalue weighted by Gasteiger charge is 1.97. The Morgan fingerprint density at radius 2 is 1.08 bits per heavy atom. The van der Waals surface area contributed by atoms with Gasteiger partial charge in [-0.05, 0) is 0 Å². The average molecular weight is 362 g/mol. The molecule has 0 atom stereocenters. The maximum Gasteiger partial charge on any atom is 0.328 e. The number of hydrogen-bond acceptors (Lipinski definition) is 8. The lowest BCUT2D eigenvalue weighted by atomic mass is 10.4. The van der Waals surface area contributed by atoms with Crippen LogP contribution >= 0.6 is 0 Å². The second kappa shape index (κ2) is 12.2. The maximum absolute atomic E-state index is 10.3. The van der Waals surface area contributed by atoms with E-state index in [2.05, 4.69) is 19.9 Å². The summed E-state index contributed by atoms with van der Waals surface area (Å²) >= 11 is 0. The fraction of sp³-hybridized carbons (Fsp3) is 0. The zero-order valence-corrected chi connectivity index (χ0v) is 13.1. The van der Waals surface area contributed by atoms with Crippen molar-refractivity contribution >= 4 is 23.8 Å². The van der Waals surface area contributed by atoms with Crippen LogP contribution in [0.4, 0.5) is 0 Å². The summed E-state index contributed by atoms with van der Waals surface area (Å²) in [6.07, 6.45) is 9.55. The molecule has 2 heterocycles. The van der Waals surface area contributed by atoms with Crippen molar-refractivity contribution in [3.05, 3.63) is 60.7 Å². The first kappa shape index (κ1) is 21.8. The summed E-state index contributed by atoms with van der Waals surface area (Å²) in [5.74, 6) is -3.62. The van der Waals surface area contributed by atoms with Gasteiger partial charge in [-0.15, -0.1) is 0 Å². The second-order valence-electron chi connectivity index (χ2n) is 3.92. The van der Waals surface area contributed by atoms with Gasteiger partial charge in [0, 0.05) is 36.9 Å². The fourth-order valence-corrected chi connectivity index (χ4v) is 0.995. The van der Waals surface area contributed by atoms with Crippen LogP contribution in [-0.2, 0) is 9.59 Å². The number of primary amides is 2. The summed E-state index contributed by atoms with van der Waals surface area (Å²) in [5.41, 5.74) is 10.1. The van der Waals surface area contributed by atoms with E-state index in [0.29, 0.717) is 12.2 Å². The van der Waals surface area contributed by atoms with E-state index < -0.39 is 23.8 Å². The molecule has 0 fully saturated rings. The topological polar surface area (TPSA) is 212 Å². The molecular formula is C14H14N6O6. The van der Waals surface area contributed by atoms with Crippen LogP contribution < -0.4 is 11.5 Å². The quantitative estimate of drug-likeness (QED) is 0.480. The molecule has 0 aliphatic carbocycles. The number of hydrogen-bond donors (Lipinski definition) is 4. The van der Waals surface area contributed by atoms with E-state index in [4.69, 9.17) is 21.7 Å². The Hall–Kier alpha value is -4.22. The van der Waals surface area contributed by atoms with Gasteiger partial charge in [0.05, 0.1) is 12.4 Å². The van der Waals surface area contributed by atoms with E-state index >= 15 is 0 Å². The molecule has 12 heteroatoms. The summed E-state index contributed by atoms with van der Waals surface area (Å²) in [6.45, 7) is 0. The number of carbonyl (C=O) groups excluding carboxylic acids is 2. The minimum Gasteiger partial charge on any atom is -0.478 e. The number of amides is 2. The molecule has 2 aromatic rings. The molecule has 0 unspecified atom stereocenters. The van der Waals surface area contributed by atoms with Crippen LogP contribution in [0, 0.1) is 0 Å². The van der Waals surface area contributed by atoms with E-state index in [1.807, 2.05) is 0 Å². The molecule has 0 aliphatic heterocycles. The molecule has 2 rings (SSSR count). The van der Waals surface area contributed by atoms with Crippen LogP contribution in [0.2, 0.25) is 0 Å². The van der Waals surface area contributed by atoms with Crippen molar-refractivity contribution in [3.8, 4) is 0 Å². The molecule has 0 spiro atoms. The van der Waals surface area contributed by atoms with E-state index in [-0.39, 0.29) is 11.4 Å². The number of carbonyl (C=O) groups is 4. The molecule has 6 N–H and O–H groups in total. The zero-order valence-electron chi connectivity index (χ0n) is 13.1. The summed E-state index contributed by atoms with van der Waals surface area (Å²) in [5, 5.41) is 15.6. The van der Waals surface area contributed by atoms with Crippen LogP contribution in [0.15, 0.2) is 49.3 Å². The Bertz CT molecular complexity index is 701. The number of aromatic nitrogens is 4. The molecule has 12 nitrogen and oxygen atoms in total. The highest BCUT2D eigenvalue weighted by molar-refractivity contribution is 5.90. The maximum atomic E-state index is 10.3. The smallest absolute Gasteiger partial charge is 0.328 e. The summed E-state index contributed by atoms with van der Waals surface area (Å²) in [4.78, 5) is 54.3. The summed E-state index contributed by atoms with van der Waals surface area (Å²) in [7, 11) is 0. The largest absolute Gasteiger partial charge is 0.478 e. The van der Waals surface area contributed by atoms with Gasteiger partial charge in [0.1, 0.15) is 11.4 Å². The standard InChI is InChI=1S/2C5H5N3O.C4H4O4/c2*6-5(9)4-3-7-1-2-8-4;5-3(6)1-2-4(7)8/h2*1-3H,(H2,6,9);1-2H,(H,5,6)(H,7,8)/b;;2-1+. The Labute approximate surface area is 146 Å². The summed E-state index contributed by atoms with van der Waals surface area (Å²) < 4.78 is 0. The number of carboxylic acids is 2. The Morgan fingerprint density at radius 1 is 0.731 bits per heavy atom. The third-order valence-electron chi connectivity index (χ3n) is 2.00. The number of carboxylic acid groups (broad SMARTS) is 2. The van der Waals surface area contributed by atoms with Gasteiger partial charge in [-0.25, -0.2) is 19.6 Å². The Morgan fingerprint density at radius 3 is 1.23 bits per heavy atom.